The van der Waals surface area contributed by atoms with Gasteiger partial charge in [0.05, 0.1) is 17.4 Å². The second kappa shape index (κ2) is 10.8. The Bertz CT molecular complexity index is 1090. The van der Waals surface area contributed by atoms with Crippen molar-refractivity contribution in [3.8, 4) is 0 Å². The maximum Gasteiger partial charge on any atom is 0.338 e. The minimum atomic E-state index is -0.408. The van der Waals surface area contributed by atoms with Crippen molar-refractivity contribution in [2.24, 2.45) is 5.92 Å². The number of aryl methyl sites for hydroxylation is 1. The molecule has 0 bridgehead atoms. The Labute approximate surface area is 193 Å². The van der Waals surface area contributed by atoms with Gasteiger partial charge in [0, 0.05) is 11.3 Å². The summed E-state index contributed by atoms with van der Waals surface area (Å²) >= 11 is 1.73. The number of hydrogen-bond acceptors (Lipinski definition) is 5. The number of aliphatic hydroxyl groups excluding tert-OH is 1. The molecule has 0 aliphatic heterocycles. The Morgan fingerprint density at radius 1 is 1.06 bits per heavy atom. The highest BCUT2D eigenvalue weighted by molar-refractivity contribution is 8.00. The summed E-state index contributed by atoms with van der Waals surface area (Å²) < 4.78 is 5.00. The second-order valence-corrected chi connectivity index (χ2v) is 9.42. The summed E-state index contributed by atoms with van der Waals surface area (Å²) in [5, 5.41) is 11.3. The van der Waals surface area contributed by atoms with Gasteiger partial charge in [0.1, 0.15) is 12.4 Å². The van der Waals surface area contributed by atoms with Gasteiger partial charge in [0.2, 0.25) is 0 Å². The average molecular weight is 449 g/mol. The van der Waals surface area contributed by atoms with Crippen molar-refractivity contribution in [3.63, 3.8) is 0 Å². The van der Waals surface area contributed by atoms with Crippen LogP contribution in [0.1, 0.15) is 41.6 Å². The summed E-state index contributed by atoms with van der Waals surface area (Å²) in [6.07, 6.45) is 4.44. The molecule has 4 nitrogen and oxygen atoms in total. The zero-order chi connectivity index (χ0) is 22.3. The molecule has 2 atom stereocenters. The van der Waals surface area contributed by atoms with Crippen molar-refractivity contribution >= 4 is 34.3 Å². The van der Waals surface area contributed by atoms with Crippen molar-refractivity contribution < 1.29 is 19.4 Å². The molecule has 32 heavy (non-hydrogen) atoms. The van der Waals surface area contributed by atoms with Crippen LogP contribution in [0.25, 0.3) is 10.8 Å². The molecule has 1 aliphatic rings. The zero-order valence-electron chi connectivity index (χ0n) is 18.0. The third-order valence-corrected chi connectivity index (χ3v) is 7.55. The molecule has 0 saturated heterocycles. The van der Waals surface area contributed by atoms with Crippen LogP contribution in [0.15, 0.2) is 71.6 Å². The first-order chi connectivity index (χ1) is 15.7. The number of carbonyl (C=O) groups excluding carboxylic acids is 2. The third-order valence-electron chi connectivity index (χ3n) is 6.04. The molecule has 1 fully saturated rings. The van der Waals surface area contributed by atoms with Gasteiger partial charge in [0.15, 0.2) is 0 Å². The maximum absolute atomic E-state index is 12.7. The van der Waals surface area contributed by atoms with Crippen molar-refractivity contribution in [2.45, 2.75) is 42.2 Å². The fourth-order valence-corrected chi connectivity index (χ4v) is 5.88. The molecular weight excluding hydrogens is 420 g/mol. The largest absolute Gasteiger partial charge is 0.460 e. The lowest BCUT2D eigenvalue weighted by molar-refractivity contribution is -0.117. The number of rotatable bonds is 9. The van der Waals surface area contributed by atoms with E-state index in [2.05, 4.69) is 30.3 Å². The highest BCUT2D eigenvalue weighted by Gasteiger charge is 2.35. The van der Waals surface area contributed by atoms with Crippen molar-refractivity contribution in [1.82, 2.24) is 0 Å². The number of esters is 1. The molecule has 4 rings (SSSR count). The van der Waals surface area contributed by atoms with Crippen molar-refractivity contribution in [2.75, 3.05) is 13.2 Å². The number of ketones is 1. The number of fused-ring (bicyclic) bond motifs is 1. The topological polar surface area (TPSA) is 63.6 Å². The molecular formula is C27H28O4S. The molecule has 0 radical (unpaired) electrons. The van der Waals surface area contributed by atoms with E-state index in [0.29, 0.717) is 23.7 Å². The van der Waals surface area contributed by atoms with Crippen molar-refractivity contribution in [3.05, 3.63) is 77.9 Å². The Balaban J connectivity index is 1.37. The van der Waals surface area contributed by atoms with Crippen LogP contribution in [0.3, 0.4) is 0 Å². The molecule has 0 amide bonds. The van der Waals surface area contributed by atoms with Gasteiger partial charge in [-0.1, -0.05) is 48.5 Å². The molecule has 0 heterocycles. The van der Waals surface area contributed by atoms with Gasteiger partial charge in [-0.3, -0.25) is 4.79 Å². The summed E-state index contributed by atoms with van der Waals surface area (Å²) in [7, 11) is 0. The van der Waals surface area contributed by atoms with Crippen LogP contribution in [0, 0.1) is 5.92 Å². The second-order valence-electron chi connectivity index (χ2n) is 8.23. The van der Waals surface area contributed by atoms with Crippen LogP contribution < -0.4 is 0 Å². The van der Waals surface area contributed by atoms with Crippen LogP contribution in [-0.4, -0.2) is 35.3 Å². The monoisotopic (exact) mass is 448 g/mol. The smallest absolute Gasteiger partial charge is 0.338 e. The lowest BCUT2D eigenvalue weighted by Gasteiger charge is -2.19. The van der Waals surface area contributed by atoms with E-state index in [1.807, 2.05) is 30.3 Å². The van der Waals surface area contributed by atoms with Gasteiger partial charge in [-0.05, 0) is 66.1 Å². The fraction of sp³-hybridized carbons (Fsp3) is 0.333. The van der Waals surface area contributed by atoms with E-state index in [4.69, 9.17) is 9.84 Å². The van der Waals surface area contributed by atoms with Crippen LogP contribution in [0.2, 0.25) is 0 Å². The van der Waals surface area contributed by atoms with Crippen LogP contribution >= 0.6 is 11.8 Å². The number of ether oxygens (including phenoxy) is 1. The van der Waals surface area contributed by atoms with E-state index in [1.54, 1.807) is 17.8 Å². The van der Waals surface area contributed by atoms with E-state index in [0.717, 1.165) is 31.2 Å². The minimum Gasteiger partial charge on any atom is -0.460 e. The summed E-state index contributed by atoms with van der Waals surface area (Å²) in [5.74, 6) is 0.333. The average Bonchev–Trinajstić information content (AvgIpc) is 3.17. The summed E-state index contributed by atoms with van der Waals surface area (Å²) in [4.78, 5) is 25.9. The lowest BCUT2D eigenvalue weighted by atomic mass is 9.97. The first kappa shape index (κ1) is 22.6. The molecule has 166 valence electrons. The van der Waals surface area contributed by atoms with E-state index < -0.39 is 5.97 Å². The number of thioether (sulfide) groups is 1. The molecule has 1 saturated carbocycles. The number of aliphatic hydroxyl groups is 1. The number of carbonyl (C=O) groups is 2. The van der Waals surface area contributed by atoms with Crippen LogP contribution in [0.4, 0.5) is 0 Å². The van der Waals surface area contributed by atoms with Gasteiger partial charge < -0.3 is 9.84 Å². The molecule has 0 aromatic heterocycles. The Kier molecular flexibility index (Phi) is 7.61. The van der Waals surface area contributed by atoms with Crippen molar-refractivity contribution in [1.29, 1.82) is 0 Å². The molecule has 3 aromatic carbocycles. The third kappa shape index (κ3) is 5.40. The lowest BCUT2D eigenvalue weighted by Crippen LogP contribution is -2.17. The SMILES string of the molecule is O=C(OCCO)c1cccc(CCC[C@H]2CCC(=O)C2Sc2cccc3ccccc23)c1. The fourth-order valence-electron chi connectivity index (χ4n) is 4.42. The molecule has 0 spiro atoms. The van der Waals surface area contributed by atoms with Crippen LogP contribution in [0.5, 0.6) is 0 Å². The van der Waals surface area contributed by atoms with Crippen LogP contribution in [-0.2, 0) is 16.0 Å². The van der Waals surface area contributed by atoms with Gasteiger partial charge in [-0.25, -0.2) is 4.79 Å². The van der Waals surface area contributed by atoms with Gasteiger partial charge in [0.25, 0.3) is 0 Å². The first-order valence-corrected chi connectivity index (χ1v) is 12.1. The number of hydrogen-bond donors (Lipinski definition) is 1. The van der Waals surface area contributed by atoms with E-state index in [9.17, 15) is 9.59 Å². The maximum atomic E-state index is 12.7. The van der Waals surface area contributed by atoms with Gasteiger partial charge in [-0.15, -0.1) is 11.8 Å². The quantitative estimate of drug-likeness (QED) is 0.441. The first-order valence-electron chi connectivity index (χ1n) is 11.2. The summed E-state index contributed by atoms with van der Waals surface area (Å²) in [6.45, 7) is -0.169. The van der Waals surface area contributed by atoms with E-state index in [-0.39, 0.29) is 18.5 Å². The molecule has 1 N–H and O–H groups in total. The van der Waals surface area contributed by atoms with Gasteiger partial charge in [-0.2, -0.15) is 0 Å². The number of Topliss-reactive ketones (excluding diaryl/α,β-unsaturated/α-hetero) is 1. The zero-order valence-corrected chi connectivity index (χ0v) is 18.9. The Morgan fingerprint density at radius 2 is 1.88 bits per heavy atom. The standard InChI is InChI=1S/C27H28O4S/c28-16-17-31-27(30)22-11-4-7-19(18-22)6-3-10-21-14-15-24(29)26(21)32-25-13-5-9-20-8-1-2-12-23(20)25/h1-2,4-5,7-9,11-13,18,21,26,28H,3,6,10,14-17H2/t21-,26?/m0/s1. The highest BCUT2D eigenvalue weighted by Crippen LogP contribution is 2.41. The summed E-state index contributed by atoms with van der Waals surface area (Å²) in [6, 6.07) is 22.1. The minimum absolute atomic E-state index is 0.00846. The Morgan fingerprint density at radius 3 is 2.75 bits per heavy atom. The summed E-state index contributed by atoms with van der Waals surface area (Å²) in [5.41, 5.74) is 1.60. The highest BCUT2D eigenvalue weighted by atomic mass is 32.2. The van der Waals surface area contributed by atoms with E-state index >= 15 is 0 Å². The molecule has 1 aliphatic carbocycles. The van der Waals surface area contributed by atoms with E-state index in [1.165, 1.54) is 15.7 Å². The van der Waals surface area contributed by atoms with Gasteiger partial charge >= 0.3 is 5.97 Å². The predicted molar refractivity (Wildman–Crippen MR) is 128 cm³/mol. The predicted octanol–water partition coefficient (Wildman–Crippen LogP) is 5.45. The molecule has 5 heteroatoms. The molecule has 1 unspecified atom stereocenters. The number of benzene rings is 3. The normalized spacial score (nSPS) is 18.2. The Hall–Kier alpha value is -2.63. The molecule has 3 aromatic rings.